The lowest BCUT2D eigenvalue weighted by molar-refractivity contribution is -0.116. The van der Waals surface area contributed by atoms with Gasteiger partial charge in [-0.05, 0) is 29.6 Å². The van der Waals surface area contributed by atoms with E-state index < -0.39 is 15.9 Å². The minimum Gasteiger partial charge on any atom is -0.495 e. The number of nitrogens with one attached hydrogen (secondary N) is 1. The first-order valence-corrected chi connectivity index (χ1v) is 9.86. The maximum atomic E-state index is 12.6. The van der Waals surface area contributed by atoms with E-state index >= 15 is 0 Å². The van der Waals surface area contributed by atoms with Gasteiger partial charge in [0.05, 0.1) is 18.7 Å². The summed E-state index contributed by atoms with van der Waals surface area (Å²) in [6.07, 6.45) is 1.43. The molecule has 0 saturated heterocycles. The minimum atomic E-state index is -3.75. The molecular weight excluding hydrogens is 384 g/mol. The molecule has 0 bridgehead atoms. The zero-order valence-electron chi connectivity index (χ0n) is 13.4. The molecule has 2 aromatic rings. The molecule has 1 N–H and O–H groups in total. The van der Waals surface area contributed by atoms with Crippen LogP contribution in [0.15, 0.2) is 52.6 Å². The van der Waals surface area contributed by atoms with E-state index in [1.54, 1.807) is 23.6 Å². The van der Waals surface area contributed by atoms with Crippen LogP contribution in [0.4, 0.5) is 5.69 Å². The van der Waals surface area contributed by atoms with E-state index in [4.69, 9.17) is 16.3 Å². The van der Waals surface area contributed by atoms with Crippen LogP contribution in [0.25, 0.3) is 0 Å². The first kappa shape index (κ1) is 19.5. The number of benzene rings is 1. The van der Waals surface area contributed by atoms with E-state index in [1.165, 1.54) is 25.3 Å². The highest BCUT2D eigenvalue weighted by Crippen LogP contribution is 2.27. The Hall–Kier alpha value is -1.87. The number of thiophene rings is 1. The molecule has 6 nitrogen and oxygen atoms in total. The van der Waals surface area contributed by atoms with Gasteiger partial charge in [0.25, 0.3) is 10.0 Å². The summed E-state index contributed by atoms with van der Waals surface area (Å²) in [4.78, 5) is 12.3. The van der Waals surface area contributed by atoms with E-state index in [0.29, 0.717) is 16.5 Å². The summed E-state index contributed by atoms with van der Waals surface area (Å²) in [5.74, 6) is -0.00330. The molecule has 0 unspecified atom stereocenters. The molecule has 0 radical (unpaired) electrons. The fourth-order valence-corrected chi connectivity index (χ4v) is 4.80. The molecule has 1 amide bonds. The Labute approximate surface area is 155 Å². The van der Waals surface area contributed by atoms with Gasteiger partial charge in [-0.3, -0.25) is 4.79 Å². The van der Waals surface area contributed by atoms with Gasteiger partial charge in [0, 0.05) is 12.2 Å². The maximum absolute atomic E-state index is 12.6. The van der Waals surface area contributed by atoms with Crippen molar-refractivity contribution in [1.82, 2.24) is 4.31 Å². The Morgan fingerprint density at radius 2 is 2.20 bits per heavy atom. The zero-order valence-corrected chi connectivity index (χ0v) is 15.8. The van der Waals surface area contributed by atoms with E-state index in [0.717, 1.165) is 15.6 Å². The topological polar surface area (TPSA) is 75.7 Å². The Kier molecular flexibility index (Phi) is 6.60. The molecule has 134 valence electrons. The maximum Gasteiger partial charge on any atom is 0.253 e. The van der Waals surface area contributed by atoms with Crippen LogP contribution in [0.5, 0.6) is 5.75 Å². The third-order valence-electron chi connectivity index (χ3n) is 3.18. The predicted molar refractivity (Wildman–Crippen MR) is 99.9 cm³/mol. The van der Waals surface area contributed by atoms with Crippen LogP contribution in [0.2, 0.25) is 5.02 Å². The Morgan fingerprint density at radius 1 is 1.44 bits per heavy atom. The quantitative estimate of drug-likeness (QED) is 0.690. The fourth-order valence-electron chi connectivity index (χ4n) is 2.03. The molecule has 0 aliphatic rings. The molecule has 0 aliphatic heterocycles. The van der Waals surface area contributed by atoms with Crippen molar-refractivity contribution in [3.05, 3.63) is 53.4 Å². The van der Waals surface area contributed by atoms with Crippen molar-refractivity contribution in [3.63, 3.8) is 0 Å². The largest absolute Gasteiger partial charge is 0.495 e. The summed E-state index contributed by atoms with van der Waals surface area (Å²) in [5, 5.41) is 4.63. The third kappa shape index (κ3) is 4.82. The van der Waals surface area contributed by atoms with Gasteiger partial charge in [0.1, 0.15) is 9.96 Å². The molecule has 9 heteroatoms. The molecule has 0 atom stereocenters. The smallest absolute Gasteiger partial charge is 0.253 e. The summed E-state index contributed by atoms with van der Waals surface area (Å²) in [6.45, 7) is 3.24. The highest BCUT2D eigenvalue weighted by Gasteiger charge is 2.26. The van der Waals surface area contributed by atoms with Crippen molar-refractivity contribution >= 4 is 44.6 Å². The standard InChI is InChI=1S/C16H17ClN2O4S2/c1-3-8-19(25(21,22)16-5-4-9-24-16)11-15(20)18-12-6-7-14(23-2)13(17)10-12/h3-7,9-10H,1,8,11H2,2H3,(H,18,20). The Balaban J connectivity index is 2.13. The number of ether oxygens (including phenoxy) is 1. The van der Waals surface area contributed by atoms with Crippen molar-refractivity contribution in [2.45, 2.75) is 4.21 Å². The van der Waals surface area contributed by atoms with Crippen LogP contribution in [0, 0.1) is 0 Å². The summed E-state index contributed by atoms with van der Waals surface area (Å²) < 4.78 is 31.4. The highest BCUT2D eigenvalue weighted by molar-refractivity contribution is 7.91. The second-order valence-electron chi connectivity index (χ2n) is 4.92. The van der Waals surface area contributed by atoms with Gasteiger partial charge in [-0.2, -0.15) is 4.31 Å². The third-order valence-corrected chi connectivity index (χ3v) is 6.66. The van der Waals surface area contributed by atoms with E-state index in [-0.39, 0.29) is 17.3 Å². The average Bonchev–Trinajstić information content (AvgIpc) is 3.10. The molecule has 0 spiro atoms. The van der Waals surface area contributed by atoms with Crippen LogP contribution < -0.4 is 10.1 Å². The monoisotopic (exact) mass is 400 g/mol. The predicted octanol–water partition coefficient (Wildman–Crippen LogP) is 3.23. The number of carbonyl (C=O) groups excluding carboxylic acids is 1. The van der Waals surface area contributed by atoms with E-state index in [2.05, 4.69) is 11.9 Å². The van der Waals surface area contributed by atoms with Crippen molar-refractivity contribution in [3.8, 4) is 5.75 Å². The van der Waals surface area contributed by atoms with E-state index in [9.17, 15) is 13.2 Å². The van der Waals surface area contributed by atoms with Crippen LogP contribution in [0.3, 0.4) is 0 Å². The molecule has 1 heterocycles. The number of amides is 1. The summed E-state index contributed by atoms with van der Waals surface area (Å²) in [6, 6.07) is 7.90. The van der Waals surface area contributed by atoms with Gasteiger partial charge in [-0.25, -0.2) is 8.42 Å². The SMILES string of the molecule is C=CCN(CC(=O)Nc1ccc(OC)c(Cl)c1)S(=O)(=O)c1cccs1. The average molecular weight is 401 g/mol. The number of sulfonamides is 1. The molecule has 2 rings (SSSR count). The van der Waals surface area contributed by atoms with Gasteiger partial charge >= 0.3 is 0 Å². The lowest BCUT2D eigenvalue weighted by Gasteiger charge is -2.19. The fraction of sp³-hybridized carbons (Fsp3) is 0.188. The van der Waals surface area contributed by atoms with Crippen LogP contribution in [-0.2, 0) is 14.8 Å². The normalized spacial score (nSPS) is 11.3. The van der Waals surface area contributed by atoms with Crippen molar-refractivity contribution in [2.75, 3.05) is 25.5 Å². The second kappa shape index (κ2) is 8.48. The number of methoxy groups -OCH3 is 1. The lowest BCUT2D eigenvalue weighted by Crippen LogP contribution is -2.37. The first-order chi connectivity index (χ1) is 11.9. The number of nitrogens with zero attached hydrogens (tertiary/aromatic N) is 1. The first-order valence-electron chi connectivity index (χ1n) is 7.16. The summed E-state index contributed by atoms with van der Waals surface area (Å²) in [5.41, 5.74) is 0.447. The minimum absolute atomic E-state index is 0.0248. The van der Waals surface area contributed by atoms with Gasteiger partial charge in [0.15, 0.2) is 0 Å². The number of hydrogen-bond acceptors (Lipinski definition) is 5. The number of anilines is 1. The summed E-state index contributed by atoms with van der Waals surface area (Å²) in [7, 11) is -2.26. The van der Waals surface area contributed by atoms with Gasteiger partial charge < -0.3 is 10.1 Å². The molecule has 25 heavy (non-hydrogen) atoms. The van der Waals surface area contributed by atoms with Crippen molar-refractivity contribution < 1.29 is 17.9 Å². The number of rotatable bonds is 8. The van der Waals surface area contributed by atoms with Crippen molar-refractivity contribution in [1.29, 1.82) is 0 Å². The molecule has 1 aromatic carbocycles. The second-order valence-corrected chi connectivity index (χ2v) is 8.44. The van der Waals surface area contributed by atoms with Gasteiger partial charge in [-0.1, -0.05) is 23.7 Å². The van der Waals surface area contributed by atoms with Crippen LogP contribution in [0.1, 0.15) is 0 Å². The Bertz CT molecular complexity index is 851. The molecule has 0 saturated carbocycles. The molecule has 0 aliphatic carbocycles. The number of hydrogen-bond donors (Lipinski definition) is 1. The van der Waals surface area contributed by atoms with Crippen LogP contribution in [-0.4, -0.2) is 38.8 Å². The number of carbonyl (C=O) groups is 1. The molecule has 1 aromatic heterocycles. The van der Waals surface area contributed by atoms with Crippen LogP contribution >= 0.6 is 22.9 Å². The summed E-state index contributed by atoms with van der Waals surface area (Å²) >= 11 is 7.11. The molecule has 0 fully saturated rings. The Morgan fingerprint density at radius 3 is 2.76 bits per heavy atom. The number of halogens is 1. The van der Waals surface area contributed by atoms with Gasteiger partial charge in [-0.15, -0.1) is 17.9 Å². The van der Waals surface area contributed by atoms with Gasteiger partial charge in [0.2, 0.25) is 5.91 Å². The molecular formula is C16H17ClN2O4S2. The van der Waals surface area contributed by atoms with E-state index in [1.807, 2.05) is 0 Å². The lowest BCUT2D eigenvalue weighted by atomic mass is 10.3. The highest BCUT2D eigenvalue weighted by atomic mass is 35.5. The zero-order chi connectivity index (χ0) is 18.4. The van der Waals surface area contributed by atoms with Crippen molar-refractivity contribution in [2.24, 2.45) is 0 Å².